The van der Waals surface area contributed by atoms with Crippen molar-refractivity contribution in [3.63, 3.8) is 0 Å². The van der Waals surface area contributed by atoms with E-state index >= 15 is 0 Å². The van der Waals surface area contributed by atoms with Crippen LogP contribution < -0.4 is 26.6 Å². The van der Waals surface area contributed by atoms with Crippen LogP contribution in [0.4, 0.5) is 5.69 Å². The first-order valence-electron chi connectivity index (χ1n) is 13.6. The maximum atomic E-state index is 13.7. The Bertz CT molecular complexity index is 1280. The minimum Gasteiger partial charge on any atom is -0.362 e. The summed E-state index contributed by atoms with van der Waals surface area (Å²) < 4.78 is 0. The molecule has 5 N–H and O–H groups in total. The molecule has 0 aliphatic carbocycles. The second-order valence-corrected chi connectivity index (χ2v) is 10.7. The SMILES string of the molecule is CNC=O.CNCc1ccccc1-c1ccc(CN2C(=O)[C@H](NC(=O)CC(C)(C)N)CCc3ccccc32)cc1. The number of carbonyl (C=O) groups excluding carboxylic acids is 3. The summed E-state index contributed by atoms with van der Waals surface area (Å²) in [5.74, 6) is -0.289. The summed E-state index contributed by atoms with van der Waals surface area (Å²) in [6.45, 7) is 4.85. The quantitative estimate of drug-likeness (QED) is 0.308. The fourth-order valence-electron chi connectivity index (χ4n) is 4.79. The number of hydrogen-bond acceptors (Lipinski definition) is 5. The van der Waals surface area contributed by atoms with E-state index in [2.05, 4.69) is 70.5 Å². The summed E-state index contributed by atoms with van der Waals surface area (Å²) in [7, 11) is 3.51. The molecule has 212 valence electrons. The highest BCUT2D eigenvalue weighted by molar-refractivity contribution is 6.00. The van der Waals surface area contributed by atoms with Crippen LogP contribution in [0.15, 0.2) is 72.8 Å². The Morgan fingerprint density at radius 1 is 1.02 bits per heavy atom. The molecule has 1 aliphatic heterocycles. The van der Waals surface area contributed by atoms with Crippen LogP contribution in [0.5, 0.6) is 0 Å². The van der Waals surface area contributed by atoms with Gasteiger partial charge in [-0.25, -0.2) is 0 Å². The lowest BCUT2D eigenvalue weighted by Crippen LogP contribution is -2.49. The van der Waals surface area contributed by atoms with Crippen LogP contribution in [-0.2, 0) is 33.9 Å². The number of fused-ring (bicyclic) bond motifs is 1. The molecule has 0 radical (unpaired) electrons. The number of para-hydroxylation sites is 1. The Morgan fingerprint density at radius 2 is 1.68 bits per heavy atom. The molecular formula is C32H41N5O3. The second kappa shape index (κ2) is 14.4. The molecule has 8 nitrogen and oxygen atoms in total. The predicted molar refractivity (Wildman–Crippen MR) is 161 cm³/mol. The molecule has 4 rings (SSSR count). The number of aryl methyl sites for hydroxylation is 1. The van der Waals surface area contributed by atoms with Crippen molar-refractivity contribution in [1.82, 2.24) is 16.0 Å². The number of amides is 3. The van der Waals surface area contributed by atoms with Gasteiger partial charge >= 0.3 is 0 Å². The van der Waals surface area contributed by atoms with Crippen LogP contribution in [0.1, 0.15) is 43.4 Å². The van der Waals surface area contributed by atoms with Crippen LogP contribution in [0.25, 0.3) is 11.1 Å². The zero-order chi connectivity index (χ0) is 29.1. The molecule has 8 heteroatoms. The topological polar surface area (TPSA) is 117 Å². The van der Waals surface area contributed by atoms with E-state index in [1.807, 2.05) is 44.0 Å². The number of nitrogens with one attached hydrogen (secondary N) is 3. The molecule has 0 bridgehead atoms. The zero-order valence-corrected chi connectivity index (χ0v) is 23.9. The summed E-state index contributed by atoms with van der Waals surface area (Å²) >= 11 is 0. The van der Waals surface area contributed by atoms with Crippen molar-refractivity contribution in [2.75, 3.05) is 19.0 Å². The zero-order valence-electron chi connectivity index (χ0n) is 23.9. The lowest BCUT2D eigenvalue weighted by atomic mass is 9.98. The van der Waals surface area contributed by atoms with E-state index in [1.165, 1.54) is 11.1 Å². The van der Waals surface area contributed by atoms with Gasteiger partial charge in [-0.2, -0.15) is 0 Å². The summed E-state index contributed by atoms with van der Waals surface area (Å²) in [5.41, 5.74) is 12.0. The molecule has 0 aromatic heterocycles. The summed E-state index contributed by atoms with van der Waals surface area (Å²) in [6.07, 6.45) is 2.07. The standard InChI is InChI=1S/C30H36N4O2.C2H5NO/c1-30(2,31)18-28(35)33-26-17-16-23-8-5-7-11-27(23)34(29(26)36)20-21-12-14-22(15-13-21)25-10-6-4-9-24(25)19-32-3;1-3-2-4/h4-15,26,32H,16-20,31H2,1-3H3,(H,33,35);2H,1H3,(H,3,4)/t26-;/m1./s1. The highest BCUT2D eigenvalue weighted by Gasteiger charge is 2.32. The van der Waals surface area contributed by atoms with Crippen LogP contribution in [0.3, 0.4) is 0 Å². The molecule has 0 unspecified atom stereocenters. The predicted octanol–water partition coefficient (Wildman–Crippen LogP) is 3.53. The van der Waals surface area contributed by atoms with Crippen molar-refractivity contribution < 1.29 is 14.4 Å². The second-order valence-electron chi connectivity index (χ2n) is 10.7. The monoisotopic (exact) mass is 543 g/mol. The summed E-state index contributed by atoms with van der Waals surface area (Å²) in [5, 5.41) is 8.43. The average molecular weight is 544 g/mol. The van der Waals surface area contributed by atoms with Crippen molar-refractivity contribution in [1.29, 1.82) is 0 Å². The fraction of sp³-hybridized carbons (Fsp3) is 0.344. The number of nitrogens with zero attached hydrogens (tertiary/aromatic N) is 1. The van der Waals surface area contributed by atoms with Gasteiger partial charge in [0.05, 0.1) is 6.54 Å². The molecule has 3 aromatic carbocycles. The van der Waals surface area contributed by atoms with Crippen LogP contribution in [0.2, 0.25) is 0 Å². The lowest BCUT2D eigenvalue weighted by Gasteiger charge is -2.27. The average Bonchev–Trinajstić information content (AvgIpc) is 3.05. The molecule has 3 aromatic rings. The molecule has 0 spiro atoms. The molecule has 1 atom stereocenters. The Labute approximate surface area is 237 Å². The Hall–Kier alpha value is -4.01. The third-order valence-corrected chi connectivity index (χ3v) is 6.61. The highest BCUT2D eigenvalue weighted by Crippen LogP contribution is 2.30. The minimum atomic E-state index is -0.631. The van der Waals surface area contributed by atoms with Gasteiger partial charge in [0.1, 0.15) is 6.04 Å². The Balaban J connectivity index is 0.00000103. The van der Waals surface area contributed by atoms with Gasteiger partial charge in [0.15, 0.2) is 0 Å². The van der Waals surface area contributed by atoms with Crippen molar-refractivity contribution in [2.45, 2.75) is 57.8 Å². The first-order valence-corrected chi connectivity index (χ1v) is 13.6. The van der Waals surface area contributed by atoms with Crippen molar-refractivity contribution in [2.24, 2.45) is 5.73 Å². The molecule has 3 amide bonds. The molecule has 0 saturated carbocycles. The van der Waals surface area contributed by atoms with Gasteiger partial charge in [0, 0.05) is 31.2 Å². The van der Waals surface area contributed by atoms with Crippen molar-refractivity contribution in [3.8, 4) is 11.1 Å². The van der Waals surface area contributed by atoms with Crippen LogP contribution in [-0.4, -0.2) is 43.9 Å². The van der Waals surface area contributed by atoms with E-state index < -0.39 is 11.6 Å². The van der Waals surface area contributed by atoms with E-state index in [9.17, 15) is 9.59 Å². The number of hydrogen-bond donors (Lipinski definition) is 4. The van der Waals surface area contributed by atoms with Gasteiger partial charge in [-0.3, -0.25) is 14.4 Å². The fourth-order valence-corrected chi connectivity index (χ4v) is 4.79. The normalized spacial score (nSPS) is 14.8. The van der Waals surface area contributed by atoms with E-state index in [4.69, 9.17) is 10.5 Å². The largest absolute Gasteiger partial charge is 0.362 e. The lowest BCUT2D eigenvalue weighted by molar-refractivity contribution is -0.128. The van der Waals surface area contributed by atoms with E-state index in [-0.39, 0.29) is 18.2 Å². The Morgan fingerprint density at radius 3 is 2.33 bits per heavy atom. The number of rotatable bonds is 9. The van der Waals surface area contributed by atoms with E-state index in [0.717, 1.165) is 35.3 Å². The summed E-state index contributed by atoms with van der Waals surface area (Å²) in [6, 6.07) is 24.2. The van der Waals surface area contributed by atoms with Gasteiger partial charge in [-0.1, -0.05) is 66.7 Å². The smallest absolute Gasteiger partial charge is 0.249 e. The highest BCUT2D eigenvalue weighted by atomic mass is 16.2. The third-order valence-electron chi connectivity index (χ3n) is 6.61. The van der Waals surface area contributed by atoms with Gasteiger partial charge in [-0.05, 0) is 67.6 Å². The van der Waals surface area contributed by atoms with Gasteiger partial charge in [-0.15, -0.1) is 0 Å². The molecule has 1 aliphatic rings. The first kappa shape index (κ1) is 30.5. The van der Waals surface area contributed by atoms with Crippen LogP contribution in [0, 0.1) is 0 Å². The van der Waals surface area contributed by atoms with Crippen molar-refractivity contribution >= 4 is 23.9 Å². The number of carbonyl (C=O) groups is 3. The van der Waals surface area contributed by atoms with E-state index in [0.29, 0.717) is 19.4 Å². The molecule has 40 heavy (non-hydrogen) atoms. The first-order chi connectivity index (χ1) is 19.2. The number of benzene rings is 3. The minimum absolute atomic E-state index is 0.0911. The maximum Gasteiger partial charge on any atom is 0.249 e. The van der Waals surface area contributed by atoms with E-state index in [1.54, 1.807) is 7.05 Å². The maximum absolute atomic E-state index is 13.7. The van der Waals surface area contributed by atoms with Gasteiger partial charge in [0.2, 0.25) is 18.2 Å². The molecular weight excluding hydrogens is 502 g/mol. The van der Waals surface area contributed by atoms with Gasteiger partial charge < -0.3 is 26.6 Å². The molecule has 0 saturated heterocycles. The van der Waals surface area contributed by atoms with Crippen molar-refractivity contribution in [3.05, 3.63) is 89.5 Å². The summed E-state index contributed by atoms with van der Waals surface area (Å²) in [4.78, 5) is 37.2. The Kier molecular flexibility index (Phi) is 11.0. The third kappa shape index (κ3) is 8.49. The van der Waals surface area contributed by atoms with Gasteiger partial charge in [0.25, 0.3) is 0 Å². The number of nitrogens with two attached hydrogens (primary N) is 1. The number of anilines is 1. The molecule has 0 fully saturated rings. The molecule has 1 heterocycles. The van der Waals surface area contributed by atoms with Crippen LogP contribution >= 0.6 is 0 Å².